The minimum absolute atomic E-state index is 0.458. The van der Waals surface area contributed by atoms with Crippen molar-refractivity contribution in [2.75, 3.05) is 24.0 Å². The highest BCUT2D eigenvalue weighted by atomic mass is 32.2. The highest BCUT2D eigenvalue weighted by Gasteiger charge is 2.16. The number of para-hydroxylation sites is 1. The van der Waals surface area contributed by atoms with Crippen molar-refractivity contribution >= 4 is 34.7 Å². The zero-order chi connectivity index (χ0) is 13.0. The van der Waals surface area contributed by atoms with Crippen LogP contribution in [0.1, 0.15) is 18.1 Å². The van der Waals surface area contributed by atoms with Gasteiger partial charge in [0.05, 0.1) is 0 Å². The van der Waals surface area contributed by atoms with Gasteiger partial charge in [-0.3, -0.25) is 0 Å². The normalized spacial score (nSPS) is 12.2. The molecular formula is C13H20N2S2. The Hall–Kier alpha value is -0.740. The van der Waals surface area contributed by atoms with Gasteiger partial charge in [0.1, 0.15) is 4.99 Å². The summed E-state index contributed by atoms with van der Waals surface area (Å²) in [5.41, 5.74) is 9.13. The van der Waals surface area contributed by atoms with E-state index in [0.29, 0.717) is 11.0 Å². The summed E-state index contributed by atoms with van der Waals surface area (Å²) in [5.74, 6) is 1.08. The Morgan fingerprint density at radius 2 is 2.18 bits per heavy atom. The summed E-state index contributed by atoms with van der Waals surface area (Å²) in [6, 6.07) is 6.55. The Bertz CT molecular complexity index is 404. The van der Waals surface area contributed by atoms with Crippen molar-refractivity contribution in [2.24, 2.45) is 5.73 Å². The summed E-state index contributed by atoms with van der Waals surface area (Å²) in [6.45, 7) is 4.31. The molecule has 2 nitrogen and oxygen atoms in total. The van der Waals surface area contributed by atoms with Crippen LogP contribution in [0.15, 0.2) is 18.2 Å². The first-order chi connectivity index (χ1) is 7.99. The van der Waals surface area contributed by atoms with Crippen LogP contribution in [-0.2, 0) is 0 Å². The van der Waals surface area contributed by atoms with Crippen molar-refractivity contribution < 1.29 is 0 Å². The number of thioether (sulfide) groups is 1. The number of nitrogens with two attached hydrogens (primary N) is 1. The SMILES string of the molecule is CSCC(C)N(C)c1c(C)cccc1C(N)=S. The van der Waals surface area contributed by atoms with Crippen molar-refractivity contribution in [3.8, 4) is 0 Å². The summed E-state index contributed by atoms with van der Waals surface area (Å²) >= 11 is 6.97. The average molecular weight is 268 g/mol. The molecule has 0 aliphatic heterocycles. The van der Waals surface area contributed by atoms with Gasteiger partial charge in [-0.25, -0.2) is 0 Å². The number of nitrogens with zero attached hydrogens (tertiary/aromatic N) is 1. The van der Waals surface area contributed by atoms with Crippen molar-refractivity contribution in [3.05, 3.63) is 29.3 Å². The third-order valence-electron chi connectivity index (χ3n) is 2.92. The number of hydrogen-bond donors (Lipinski definition) is 1. The first-order valence-corrected chi connectivity index (χ1v) is 7.40. The van der Waals surface area contributed by atoms with Crippen LogP contribution in [0.4, 0.5) is 5.69 Å². The summed E-state index contributed by atoms with van der Waals surface area (Å²) in [7, 11) is 2.10. The van der Waals surface area contributed by atoms with Gasteiger partial charge in [0.25, 0.3) is 0 Å². The van der Waals surface area contributed by atoms with Crippen LogP contribution in [-0.4, -0.2) is 30.1 Å². The van der Waals surface area contributed by atoms with Crippen LogP contribution in [0.2, 0.25) is 0 Å². The first-order valence-electron chi connectivity index (χ1n) is 5.60. The van der Waals surface area contributed by atoms with Crippen LogP contribution in [0, 0.1) is 6.92 Å². The predicted molar refractivity (Wildman–Crippen MR) is 83.3 cm³/mol. The lowest BCUT2D eigenvalue weighted by molar-refractivity contribution is 0.762. The number of anilines is 1. The fourth-order valence-corrected chi connectivity index (χ4v) is 2.77. The maximum Gasteiger partial charge on any atom is 0.106 e. The van der Waals surface area contributed by atoms with Crippen molar-refractivity contribution in [1.29, 1.82) is 0 Å². The molecule has 0 saturated carbocycles. The molecule has 0 aliphatic rings. The molecule has 0 spiro atoms. The highest BCUT2D eigenvalue weighted by Crippen LogP contribution is 2.26. The van der Waals surface area contributed by atoms with Gasteiger partial charge in [0, 0.05) is 30.1 Å². The number of hydrogen-bond acceptors (Lipinski definition) is 3. The monoisotopic (exact) mass is 268 g/mol. The predicted octanol–water partition coefficient (Wildman–Crippen LogP) is 2.82. The molecule has 1 atom stereocenters. The summed E-state index contributed by atoms with van der Waals surface area (Å²) < 4.78 is 0. The lowest BCUT2D eigenvalue weighted by atomic mass is 10.1. The van der Waals surface area contributed by atoms with Crippen molar-refractivity contribution in [1.82, 2.24) is 0 Å². The topological polar surface area (TPSA) is 29.3 Å². The molecule has 0 bridgehead atoms. The maximum absolute atomic E-state index is 5.79. The molecule has 94 valence electrons. The van der Waals surface area contributed by atoms with Crippen LogP contribution in [0.5, 0.6) is 0 Å². The molecule has 1 aromatic rings. The Kier molecular flexibility index (Phi) is 5.28. The van der Waals surface area contributed by atoms with Gasteiger partial charge < -0.3 is 10.6 Å². The Labute approximate surface area is 114 Å². The Morgan fingerprint density at radius 1 is 1.53 bits per heavy atom. The van der Waals surface area contributed by atoms with Gasteiger partial charge in [-0.2, -0.15) is 11.8 Å². The fraction of sp³-hybridized carbons (Fsp3) is 0.462. The van der Waals surface area contributed by atoms with E-state index in [9.17, 15) is 0 Å². The largest absolute Gasteiger partial charge is 0.389 e. The molecule has 17 heavy (non-hydrogen) atoms. The number of thiocarbonyl (C=S) groups is 1. The zero-order valence-electron chi connectivity index (χ0n) is 10.9. The van der Waals surface area contributed by atoms with Gasteiger partial charge in [-0.1, -0.05) is 24.4 Å². The highest BCUT2D eigenvalue weighted by molar-refractivity contribution is 7.98. The van der Waals surface area contributed by atoms with Gasteiger partial charge in [-0.15, -0.1) is 0 Å². The van der Waals surface area contributed by atoms with Crippen LogP contribution in [0.25, 0.3) is 0 Å². The fourth-order valence-electron chi connectivity index (χ4n) is 1.90. The second kappa shape index (κ2) is 6.26. The molecule has 0 radical (unpaired) electrons. The van der Waals surface area contributed by atoms with E-state index in [2.05, 4.69) is 38.1 Å². The van der Waals surface area contributed by atoms with Gasteiger partial charge >= 0.3 is 0 Å². The van der Waals surface area contributed by atoms with Gasteiger partial charge in [0.15, 0.2) is 0 Å². The second-order valence-corrected chi connectivity index (χ2v) is 5.60. The van der Waals surface area contributed by atoms with Crippen molar-refractivity contribution in [2.45, 2.75) is 19.9 Å². The van der Waals surface area contributed by atoms with Gasteiger partial charge in [-0.05, 0) is 31.7 Å². The molecule has 0 aromatic heterocycles. The van der Waals surface area contributed by atoms with E-state index >= 15 is 0 Å². The van der Waals surface area contributed by atoms with E-state index in [-0.39, 0.29) is 0 Å². The minimum Gasteiger partial charge on any atom is -0.389 e. The molecule has 2 N–H and O–H groups in total. The molecule has 1 aromatic carbocycles. The molecule has 4 heteroatoms. The minimum atomic E-state index is 0.458. The molecule has 0 aliphatic carbocycles. The Morgan fingerprint density at radius 3 is 2.71 bits per heavy atom. The summed E-state index contributed by atoms with van der Waals surface area (Å²) in [4.78, 5) is 2.73. The molecule has 0 amide bonds. The third kappa shape index (κ3) is 3.36. The smallest absolute Gasteiger partial charge is 0.106 e. The van der Waals surface area contributed by atoms with Crippen LogP contribution in [0.3, 0.4) is 0 Å². The van der Waals surface area contributed by atoms with Crippen LogP contribution < -0.4 is 10.6 Å². The van der Waals surface area contributed by atoms with Gasteiger partial charge in [0.2, 0.25) is 0 Å². The van der Waals surface area contributed by atoms with E-state index in [4.69, 9.17) is 18.0 Å². The number of rotatable bonds is 5. The van der Waals surface area contributed by atoms with Crippen LogP contribution >= 0.6 is 24.0 Å². The first kappa shape index (κ1) is 14.3. The van der Waals surface area contributed by atoms with E-state index in [1.807, 2.05) is 23.9 Å². The lowest BCUT2D eigenvalue weighted by Crippen LogP contribution is -2.33. The molecule has 0 fully saturated rings. The molecule has 0 heterocycles. The number of aryl methyl sites for hydroxylation is 1. The quantitative estimate of drug-likeness (QED) is 0.832. The zero-order valence-corrected chi connectivity index (χ0v) is 12.5. The average Bonchev–Trinajstić information content (AvgIpc) is 2.28. The summed E-state index contributed by atoms with van der Waals surface area (Å²) in [6.07, 6.45) is 2.12. The molecule has 0 saturated heterocycles. The van der Waals surface area contributed by atoms with E-state index in [1.165, 1.54) is 5.56 Å². The number of benzene rings is 1. The molecular weight excluding hydrogens is 248 g/mol. The van der Waals surface area contributed by atoms with Crippen molar-refractivity contribution in [3.63, 3.8) is 0 Å². The third-order valence-corrected chi connectivity index (χ3v) is 3.96. The van der Waals surface area contributed by atoms with E-state index < -0.39 is 0 Å². The lowest BCUT2D eigenvalue weighted by Gasteiger charge is -2.30. The molecule has 1 unspecified atom stereocenters. The maximum atomic E-state index is 5.79. The van der Waals surface area contributed by atoms with E-state index in [1.54, 1.807) is 0 Å². The van der Waals surface area contributed by atoms with E-state index in [0.717, 1.165) is 17.0 Å². The summed E-state index contributed by atoms with van der Waals surface area (Å²) in [5, 5.41) is 0. The second-order valence-electron chi connectivity index (χ2n) is 4.25. The standard InChI is InChI=1S/C13H20N2S2/c1-9-6-5-7-11(13(14)16)12(9)15(3)10(2)8-17-4/h5-7,10H,8H2,1-4H3,(H2,14,16). The molecule has 1 rings (SSSR count). The Balaban J connectivity index is 3.15.